The third-order valence-electron chi connectivity index (χ3n) is 5.82. The summed E-state index contributed by atoms with van der Waals surface area (Å²) in [5.41, 5.74) is 3.46. The van der Waals surface area contributed by atoms with Crippen molar-refractivity contribution in [2.45, 2.75) is 52.8 Å². The number of methoxy groups -OCH3 is 1. The van der Waals surface area contributed by atoms with Crippen LogP contribution in [0.4, 0.5) is 18.9 Å². The highest BCUT2D eigenvalue weighted by Gasteiger charge is 2.35. The summed E-state index contributed by atoms with van der Waals surface area (Å²) in [4.78, 5) is 24.6. The normalized spacial score (nSPS) is 13.3. The molecule has 3 rings (SSSR count). The van der Waals surface area contributed by atoms with Gasteiger partial charge in [0.05, 0.1) is 23.9 Å². The molecule has 1 aliphatic heterocycles. The number of halogens is 3. The van der Waals surface area contributed by atoms with Crippen molar-refractivity contribution >= 4 is 17.6 Å². The number of hydrogen-bond donors (Lipinski definition) is 1. The molecule has 0 radical (unpaired) electrons. The van der Waals surface area contributed by atoms with E-state index in [-0.39, 0.29) is 19.0 Å². The molecule has 0 aliphatic carbocycles. The summed E-state index contributed by atoms with van der Waals surface area (Å²) in [5.74, 6) is -0.987. The molecule has 9 heteroatoms. The fraction of sp³-hybridized carbons (Fsp3) is 0.385. The molecule has 0 amide bonds. The Hall–Kier alpha value is -3.49. The molecule has 35 heavy (non-hydrogen) atoms. The first-order valence-corrected chi connectivity index (χ1v) is 11.2. The predicted octanol–water partition coefficient (Wildman–Crippen LogP) is 6.00. The number of carbonyl (C=O) groups is 2. The molecule has 0 fully saturated rings. The van der Waals surface area contributed by atoms with Crippen molar-refractivity contribution in [3.63, 3.8) is 0 Å². The van der Waals surface area contributed by atoms with Crippen LogP contribution in [0.3, 0.4) is 0 Å². The zero-order chi connectivity index (χ0) is 25.8. The number of fused-ring (bicyclic) bond motifs is 1. The Labute approximate surface area is 202 Å². The van der Waals surface area contributed by atoms with Crippen LogP contribution in [0, 0.1) is 6.92 Å². The first-order chi connectivity index (χ1) is 16.6. The number of rotatable bonds is 9. The van der Waals surface area contributed by atoms with Gasteiger partial charge in [-0.3, -0.25) is 4.79 Å². The molecule has 188 valence electrons. The standard InChI is InChI=1S/C26H28F3NO5/c1-5-30-23-17(24(33-4)16(3)18-14-34-25(32)22(18)23)12-10-15(2)11-13-21(31)35-20-9-7-6-8-19(20)26(27,28)29/h6-10,30H,5,11-14H2,1-4H3. The number of nitrogens with one attached hydrogen (secondary N) is 1. The third-order valence-corrected chi connectivity index (χ3v) is 5.82. The van der Waals surface area contributed by atoms with Gasteiger partial charge < -0.3 is 19.5 Å². The Kier molecular flexibility index (Phi) is 8.09. The van der Waals surface area contributed by atoms with Gasteiger partial charge in [0, 0.05) is 24.1 Å². The summed E-state index contributed by atoms with van der Waals surface area (Å²) >= 11 is 0. The maximum atomic E-state index is 13.1. The van der Waals surface area contributed by atoms with Gasteiger partial charge in [-0.15, -0.1) is 0 Å². The molecular weight excluding hydrogens is 463 g/mol. The van der Waals surface area contributed by atoms with Crippen LogP contribution < -0.4 is 14.8 Å². The van der Waals surface area contributed by atoms with Crippen LogP contribution in [0.1, 0.15) is 59.3 Å². The first kappa shape index (κ1) is 26.1. The van der Waals surface area contributed by atoms with E-state index >= 15 is 0 Å². The van der Waals surface area contributed by atoms with Gasteiger partial charge in [-0.05, 0) is 51.3 Å². The molecule has 1 heterocycles. The topological polar surface area (TPSA) is 73.9 Å². The highest BCUT2D eigenvalue weighted by molar-refractivity contribution is 6.01. The summed E-state index contributed by atoms with van der Waals surface area (Å²) in [5, 5.41) is 3.25. The van der Waals surface area contributed by atoms with Crippen molar-refractivity contribution in [1.82, 2.24) is 0 Å². The maximum absolute atomic E-state index is 13.1. The van der Waals surface area contributed by atoms with E-state index in [0.29, 0.717) is 36.4 Å². The van der Waals surface area contributed by atoms with Crippen molar-refractivity contribution in [3.8, 4) is 11.5 Å². The minimum atomic E-state index is -4.61. The number of esters is 2. The van der Waals surface area contributed by atoms with Crippen LogP contribution in [0.5, 0.6) is 11.5 Å². The van der Waals surface area contributed by atoms with E-state index in [1.165, 1.54) is 12.1 Å². The molecule has 2 aromatic carbocycles. The van der Waals surface area contributed by atoms with E-state index in [1.807, 2.05) is 26.8 Å². The van der Waals surface area contributed by atoms with Crippen molar-refractivity contribution in [2.24, 2.45) is 0 Å². The number of anilines is 1. The Morgan fingerprint density at radius 2 is 1.94 bits per heavy atom. The number of hydrogen-bond acceptors (Lipinski definition) is 6. The van der Waals surface area contributed by atoms with Gasteiger partial charge in [-0.25, -0.2) is 4.79 Å². The summed E-state index contributed by atoms with van der Waals surface area (Å²) in [6.45, 7) is 6.41. The van der Waals surface area contributed by atoms with Gasteiger partial charge in [-0.1, -0.05) is 23.8 Å². The molecule has 0 saturated carbocycles. The minimum Gasteiger partial charge on any atom is -0.496 e. The molecule has 0 spiro atoms. The van der Waals surface area contributed by atoms with Crippen LogP contribution in [0.25, 0.3) is 0 Å². The lowest BCUT2D eigenvalue weighted by molar-refractivity contribution is -0.142. The number of benzene rings is 2. The van der Waals surface area contributed by atoms with Gasteiger partial charge in [0.2, 0.25) is 0 Å². The van der Waals surface area contributed by atoms with Crippen molar-refractivity contribution in [3.05, 3.63) is 63.7 Å². The van der Waals surface area contributed by atoms with E-state index < -0.39 is 23.5 Å². The Morgan fingerprint density at radius 1 is 1.23 bits per heavy atom. The Balaban J connectivity index is 1.75. The average Bonchev–Trinajstić information content (AvgIpc) is 3.19. The lowest BCUT2D eigenvalue weighted by atomic mass is 9.93. The second kappa shape index (κ2) is 10.8. The van der Waals surface area contributed by atoms with Crippen LogP contribution in [0.2, 0.25) is 0 Å². The van der Waals surface area contributed by atoms with E-state index in [2.05, 4.69) is 5.32 Å². The highest BCUT2D eigenvalue weighted by atomic mass is 19.4. The summed E-state index contributed by atoms with van der Waals surface area (Å²) in [7, 11) is 1.57. The molecule has 0 atom stereocenters. The number of para-hydroxylation sites is 1. The number of alkyl halides is 3. The van der Waals surface area contributed by atoms with Crippen LogP contribution >= 0.6 is 0 Å². The number of allylic oxidation sites excluding steroid dienone is 2. The van der Waals surface area contributed by atoms with Crippen LogP contribution in [-0.4, -0.2) is 25.6 Å². The average molecular weight is 492 g/mol. The number of carbonyl (C=O) groups excluding carboxylic acids is 2. The van der Waals surface area contributed by atoms with E-state index in [0.717, 1.165) is 34.4 Å². The lowest BCUT2D eigenvalue weighted by Gasteiger charge is -2.19. The fourth-order valence-electron chi connectivity index (χ4n) is 4.07. The zero-order valence-electron chi connectivity index (χ0n) is 20.1. The second-order valence-corrected chi connectivity index (χ2v) is 8.19. The molecule has 0 unspecified atom stereocenters. The maximum Gasteiger partial charge on any atom is 0.419 e. The molecule has 0 bridgehead atoms. The highest BCUT2D eigenvalue weighted by Crippen LogP contribution is 2.41. The van der Waals surface area contributed by atoms with E-state index in [9.17, 15) is 22.8 Å². The van der Waals surface area contributed by atoms with Crippen molar-refractivity contribution in [2.75, 3.05) is 19.0 Å². The zero-order valence-corrected chi connectivity index (χ0v) is 20.1. The molecular formula is C26H28F3NO5. The molecule has 1 N–H and O–H groups in total. The third kappa shape index (κ3) is 5.78. The smallest absolute Gasteiger partial charge is 0.419 e. The molecule has 0 aromatic heterocycles. The van der Waals surface area contributed by atoms with Crippen molar-refractivity contribution < 1.29 is 37.0 Å². The molecule has 2 aromatic rings. The van der Waals surface area contributed by atoms with E-state index in [1.54, 1.807) is 7.11 Å². The molecule has 0 saturated heterocycles. The van der Waals surface area contributed by atoms with Gasteiger partial charge in [0.15, 0.2) is 0 Å². The summed E-state index contributed by atoms with van der Waals surface area (Å²) in [6, 6.07) is 4.62. The van der Waals surface area contributed by atoms with Crippen LogP contribution in [0.15, 0.2) is 35.9 Å². The summed E-state index contributed by atoms with van der Waals surface area (Å²) in [6.07, 6.45) is -2.07. The minimum absolute atomic E-state index is 0.0821. The Morgan fingerprint density at radius 3 is 2.60 bits per heavy atom. The van der Waals surface area contributed by atoms with Gasteiger partial charge >= 0.3 is 18.1 Å². The monoisotopic (exact) mass is 491 g/mol. The van der Waals surface area contributed by atoms with E-state index in [4.69, 9.17) is 14.2 Å². The SMILES string of the molecule is CCNc1c(CC=C(C)CCC(=O)Oc2ccccc2C(F)(F)F)c(OC)c(C)c2c1C(=O)OC2. The van der Waals surface area contributed by atoms with Gasteiger partial charge in [-0.2, -0.15) is 13.2 Å². The second-order valence-electron chi connectivity index (χ2n) is 8.19. The number of cyclic esters (lactones) is 1. The lowest BCUT2D eigenvalue weighted by Crippen LogP contribution is -2.13. The number of ether oxygens (including phenoxy) is 3. The van der Waals surface area contributed by atoms with Crippen LogP contribution in [-0.2, 0) is 28.7 Å². The Bertz CT molecular complexity index is 1150. The van der Waals surface area contributed by atoms with Gasteiger partial charge in [0.1, 0.15) is 18.1 Å². The summed E-state index contributed by atoms with van der Waals surface area (Å²) < 4.78 is 55.2. The fourth-order valence-corrected chi connectivity index (χ4v) is 4.07. The van der Waals surface area contributed by atoms with Gasteiger partial charge in [0.25, 0.3) is 0 Å². The quantitative estimate of drug-likeness (QED) is 0.264. The van der Waals surface area contributed by atoms with Crippen molar-refractivity contribution in [1.29, 1.82) is 0 Å². The predicted molar refractivity (Wildman–Crippen MR) is 125 cm³/mol. The first-order valence-electron chi connectivity index (χ1n) is 11.2. The molecule has 1 aliphatic rings. The molecule has 6 nitrogen and oxygen atoms in total. The largest absolute Gasteiger partial charge is 0.496 e.